The van der Waals surface area contributed by atoms with Crippen molar-refractivity contribution in [3.8, 4) is 5.75 Å². The minimum atomic E-state index is -4.35. The van der Waals surface area contributed by atoms with Crippen molar-refractivity contribution in [1.82, 2.24) is 4.90 Å². The predicted octanol–water partition coefficient (Wildman–Crippen LogP) is 4.73. The van der Waals surface area contributed by atoms with E-state index < -0.39 is 17.3 Å². The summed E-state index contributed by atoms with van der Waals surface area (Å²) in [6, 6.07) is 4.64. The largest absolute Gasteiger partial charge is 0.493 e. The molecule has 140 valence electrons. The number of hydrogen-bond donors (Lipinski definition) is 0. The number of nitrogens with zero attached hydrogens (tertiary/aromatic N) is 1. The lowest BCUT2D eigenvalue weighted by molar-refractivity contribution is -0.137. The average molecular weight is 359 g/mol. The van der Waals surface area contributed by atoms with Gasteiger partial charge in [-0.2, -0.15) is 13.2 Å². The van der Waals surface area contributed by atoms with Gasteiger partial charge in [0.2, 0.25) is 0 Å². The van der Waals surface area contributed by atoms with E-state index in [0.717, 1.165) is 25.0 Å². The number of likely N-dealkylation sites (tertiary alicyclic amines) is 1. The van der Waals surface area contributed by atoms with Gasteiger partial charge < -0.3 is 14.4 Å². The molecule has 0 bridgehead atoms. The topological polar surface area (TPSA) is 38.8 Å². The quantitative estimate of drug-likeness (QED) is 0.783. The van der Waals surface area contributed by atoms with E-state index in [1.54, 1.807) is 4.90 Å². The van der Waals surface area contributed by atoms with Gasteiger partial charge in [0.15, 0.2) is 0 Å². The van der Waals surface area contributed by atoms with Crippen LogP contribution in [0.5, 0.6) is 5.75 Å². The number of amides is 1. The number of carbonyl (C=O) groups is 1. The smallest absolute Gasteiger partial charge is 0.416 e. The van der Waals surface area contributed by atoms with Crippen LogP contribution in [-0.4, -0.2) is 36.3 Å². The summed E-state index contributed by atoms with van der Waals surface area (Å²) in [5.74, 6) is 0.519. The zero-order chi connectivity index (χ0) is 18.7. The van der Waals surface area contributed by atoms with Crippen molar-refractivity contribution in [3.05, 3.63) is 29.8 Å². The number of rotatable bonds is 3. The molecule has 0 spiro atoms. The van der Waals surface area contributed by atoms with Crippen LogP contribution in [0.15, 0.2) is 24.3 Å². The molecule has 7 heteroatoms. The van der Waals surface area contributed by atoms with E-state index in [4.69, 9.17) is 9.47 Å². The highest BCUT2D eigenvalue weighted by Gasteiger charge is 2.30. The molecule has 1 saturated heterocycles. The Morgan fingerprint density at radius 2 is 1.84 bits per heavy atom. The van der Waals surface area contributed by atoms with Crippen molar-refractivity contribution in [3.63, 3.8) is 0 Å². The van der Waals surface area contributed by atoms with Gasteiger partial charge >= 0.3 is 12.3 Å². The fraction of sp³-hybridized carbons (Fsp3) is 0.611. The molecule has 0 saturated carbocycles. The van der Waals surface area contributed by atoms with Crippen molar-refractivity contribution in [1.29, 1.82) is 0 Å². The summed E-state index contributed by atoms with van der Waals surface area (Å²) in [4.78, 5) is 13.8. The SMILES string of the molecule is CC(C)(C)OC(=O)N1CCC[C@@H](COc2ccc(C(F)(F)F)cc2)C1. The molecule has 1 fully saturated rings. The molecule has 0 N–H and O–H groups in total. The lowest BCUT2D eigenvalue weighted by Gasteiger charge is -2.34. The Bertz CT molecular complexity index is 579. The number of benzene rings is 1. The Kier molecular flexibility index (Phi) is 5.85. The summed E-state index contributed by atoms with van der Waals surface area (Å²) in [5.41, 5.74) is -1.24. The first-order valence-corrected chi connectivity index (χ1v) is 8.32. The van der Waals surface area contributed by atoms with Crippen LogP contribution in [-0.2, 0) is 10.9 Å². The molecule has 1 heterocycles. The molecule has 2 rings (SSSR count). The summed E-state index contributed by atoms with van der Waals surface area (Å²) in [6.07, 6.45) is -2.94. The highest BCUT2D eigenvalue weighted by molar-refractivity contribution is 5.68. The number of piperidine rings is 1. The predicted molar refractivity (Wildman–Crippen MR) is 87.5 cm³/mol. The minimum absolute atomic E-state index is 0.128. The third kappa shape index (κ3) is 6.14. The van der Waals surface area contributed by atoms with Crippen LogP contribution < -0.4 is 4.74 Å². The molecule has 1 amide bonds. The van der Waals surface area contributed by atoms with E-state index >= 15 is 0 Å². The van der Waals surface area contributed by atoms with E-state index in [-0.39, 0.29) is 12.0 Å². The van der Waals surface area contributed by atoms with Gasteiger partial charge in [0, 0.05) is 19.0 Å². The Balaban J connectivity index is 1.85. The van der Waals surface area contributed by atoms with Gasteiger partial charge in [-0.3, -0.25) is 0 Å². The maximum absolute atomic E-state index is 12.5. The lowest BCUT2D eigenvalue weighted by Crippen LogP contribution is -2.44. The van der Waals surface area contributed by atoms with Crippen LogP contribution in [0.25, 0.3) is 0 Å². The van der Waals surface area contributed by atoms with Crippen LogP contribution in [0.1, 0.15) is 39.2 Å². The molecule has 4 nitrogen and oxygen atoms in total. The second-order valence-electron chi connectivity index (χ2n) is 7.27. The molecular weight excluding hydrogens is 335 g/mol. The van der Waals surface area contributed by atoms with Crippen LogP contribution in [0.2, 0.25) is 0 Å². The summed E-state index contributed by atoms with van der Waals surface area (Å²) in [7, 11) is 0. The first-order valence-electron chi connectivity index (χ1n) is 8.32. The molecule has 0 unspecified atom stereocenters. The number of ether oxygens (including phenoxy) is 2. The highest BCUT2D eigenvalue weighted by Crippen LogP contribution is 2.30. The average Bonchev–Trinajstić information content (AvgIpc) is 2.51. The molecule has 0 radical (unpaired) electrons. The van der Waals surface area contributed by atoms with E-state index in [1.807, 2.05) is 20.8 Å². The zero-order valence-corrected chi connectivity index (χ0v) is 14.7. The highest BCUT2D eigenvalue weighted by atomic mass is 19.4. The Morgan fingerprint density at radius 3 is 2.40 bits per heavy atom. The van der Waals surface area contributed by atoms with E-state index in [1.165, 1.54) is 12.1 Å². The molecule has 1 aromatic rings. The maximum atomic E-state index is 12.5. The van der Waals surface area contributed by atoms with Crippen molar-refractivity contribution in [2.75, 3.05) is 19.7 Å². The summed E-state index contributed by atoms with van der Waals surface area (Å²) >= 11 is 0. The van der Waals surface area contributed by atoms with Crippen LogP contribution in [0.4, 0.5) is 18.0 Å². The number of hydrogen-bond acceptors (Lipinski definition) is 3. The van der Waals surface area contributed by atoms with Gasteiger partial charge in [0.1, 0.15) is 11.4 Å². The molecule has 0 aromatic heterocycles. The maximum Gasteiger partial charge on any atom is 0.416 e. The Morgan fingerprint density at radius 1 is 1.20 bits per heavy atom. The third-order valence-electron chi connectivity index (χ3n) is 3.84. The third-order valence-corrected chi connectivity index (χ3v) is 3.84. The normalized spacial score (nSPS) is 18.8. The Hall–Kier alpha value is -1.92. The Labute approximate surface area is 145 Å². The van der Waals surface area contributed by atoms with E-state index in [0.29, 0.717) is 25.4 Å². The first kappa shape index (κ1) is 19.4. The van der Waals surface area contributed by atoms with Crippen molar-refractivity contribution in [2.45, 2.75) is 45.4 Å². The van der Waals surface area contributed by atoms with Crippen LogP contribution in [0, 0.1) is 5.92 Å². The number of carbonyl (C=O) groups excluding carboxylic acids is 1. The van der Waals surface area contributed by atoms with Crippen LogP contribution >= 0.6 is 0 Å². The summed E-state index contributed by atoms with van der Waals surface area (Å²) in [6.45, 7) is 6.98. The van der Waals surface area contributed by atoms with E-state index in [2.05, 4.69) is 0 Å². The monoisotopic (exact) mass is 359 g/mol. The van der Waals surface area contributed by atoms with Crippen molar-refractivity contribution < 1.29 is 27.4 Å². The van der Waals surface area contributed by atoms with Gasteiger partial charge in [0.25, 0.3) is 0 Å². The second kappa shape index (κ2) is 7.54. The van der Waals surface area contributed by atoms with Gasteiger partial charge in [-0.1, -0.05) is 0 Å². The minimum Gasteiger partial charge on any atom is -0.493 e. The molecule has 1 aliphatic rings. The molecule has 1 aliphatic heterocycles. The van der Waals surface area contributed by atoms with Crippen molar-refractivity contribution in [2.24, 2.45) is 5.92 Å². The zero-order valence-electron chi connectivity index (χ0n) is 14.7. The van der Waals surface area contributed by atoms with Crippen molar-refractivity contribution >= 4 is 6.09 Å². The molecule has 1 atom stereocenters. The van der Waals surface area contributed by atoms with Gasteiger partial charge in [-0.05, 0) is 57.9 Å². The molecule has 0 aliphatic carbocycles. The molecular formula is C18H24F3NO3. The molecule has 1 aromatic carbocycles. The molecule has 25 heavy (non-hydrogen) atoms. The summed E-state index contributed by atoms with van der Waals surface area (Å²) < 4.78 is 48.6. The van der Waals surface area contributed by atoms with Crippen LogP contribution in [0.3, 0.4) is 0 Å². The summed E-state index contributed by atoms with van der Waals surface area (Å²) in [5, 5.41) is 0. The lowest BCUT2D eigenvalue weighted by atomic mass is 9.99. The second-order valence-corrected chi connectivity index (χ2v) is 7.27. The van der Waals surface area contributed by atoms with Gasteiger partial charge in [-0.25, -0.2) is 4.79 Å². The fourth-order valence-corrected chi connectivity index (χ4v) is 2.65. The fourth-order valence-electron chi connectivity index (χ4n) is 2.65. The number of halogens is 3. The first-order chi connectivity index (χ1) is 11.5. The number of alkyl halides is 3. The standard InChI is InChI=1S/C18H24F3NO3/c1-17(2,3)25-16(23)22-10-4-5-13(11-22)12-24-15-8-6-14(7-9-15)18(19,20)21/h6-9,13H,4-5,10-12H2,1-3H3/t13-/m1/s1. The van der Waals surface area contributed by atoms with Gasteiger partial charge in [-0.15, -0.1) is 0 Å². The van der Waals surface area contributed by atoms with Gasteiger partial charge in [0.05, 0.1) is 12.2 Å². The van der Waals surface area contributed by atoms with E-state index in [9.17, 15) is 18.0 Å².